The molecule has 3 rings (SSSR count). The number of nitrogens with zero attached hydrogens (tertiary/aromatic N) is 1. The minimum atomic E-state index is -3.97. The van der Waals surface area contributed by atoms with Gasteiger partial charge in [0, 0.05) is 12.1 Å². The number of carbonyl (C=O) groups is 1. The molecule has 180 valence electrons. The minimum absolute atomic E-state index is 0.102. The first-order chi connectivity index (χ1) is 16.3. The Morgan fingerprint density at radius 2 is 1.50 bits per heavy atom. The molecule has 0 radical (unpaired) electrons. The van der Waals surface area contributed by atoms with E-state index in [9.17, 15) is 13.2 Å². The fourth-order valence-electron chi connectivity index (χ4n) is 3.43. The number of hydrogen-bond acceptors (Lipinski definition) is 6. The second-order valence-electron chi connectivity index (χ2n) is 7.43. The Kier molecular flexibility index (Phi) is 8.01. The second kappa shape index (κ2) is 10.9. The Morgan fingerprint density at radius 3 is 2.09 bits per heavy atom. The first-order valence-electron chi connectivity index (χ1n) is 10.5. The van der Waals surface area contributed by atoms with E-state index >= 15 is 0 Å². The van der Waals surface area contributed by atoms with Crippen LogP contribution >= 0.6 is 0 Å². The quantitative estimate of drug-likeness (QED) is 0.473. The van der Waals surface area contributed by atoms with E-state index < -0.39 is 22.5 Å². The molecule has 0 aliphatic heterocycles. The molecule has 0 saturated heterocycles. The van der Waals surface area contributed by atoms with Crippen LogP contribution in [0, 0.1) is 6.92 Å². The van der Waals surface area contributed by atoms with Gasteiger partial charge in [-0.15, -0.1) is 0 Å². The first-order valence-corrected chi connectivity index (χ1v) is 11.9. The van der Waals surface area contributed by atoms with Crippen molar-refractivity contribution >= 4 is 21.6 Å². The number of amides is 1. The van der Waals surface area contributed by atoms with Gasteiger partial charge < -0.3 is 19.5 Å². The van der Waals surface area contributed by atoms with Crippen molar-refractivity contribution in [3.05, 3.63) is 77.9 Å². The Balaban J connectivity index is 1.85. The monoisotopic (exact) mass is 484 g/mol. The van der Waals surface area contributed by atoms with Crippen LogP contribution in [0.4, 0.5) is 5.69 Å². The number of nitrogens with one attached hydrogen (secondary N) is 1. The predicted molar refractivity (Wildman–Crippen MR) is 130 cm³/mol. The number of anilines is 1. The van der Waals surface area contributed by atoms with Gasteiger partial charge in [0.05, 0.1) is 31.9 Å². The van der Waals surface area contributed by atoms with Gasteiger partial charge in [-0.3, -0.25) is 9.10 Å². The summed E-state index contributed by atoms with van der Waals surface area (Å²) in [6, 6.07) is 18.4. The third-order valence-electron chi connectivity index (χ3n) is 5.20. The summed E-state index contributed by atoms with van der Waals surface area (Å²) in [6.45, 7) is 1.62. The SMILES string of the molecule is COc1ccc(CNC(=O)CN(c2ccc(C)cc2)S(=O)(=O)c2ccccc2)c(OC)c1OC. The summed E-state index contributed by atoms with van der Waals surface area (Å²) < 4.78 is 44.0. The molecule has 0 spiro atoms. The van der Waals surface area contributed by atoms with Crippen molar-refractivity contribution in [2.24, 2.45) is 0 Å². The van der Waals surface area contributed by atoms with Crippen molar-refractivity contribution < 1.29 is 27.4 Å². The lowest BCUT2D eigenvalue weighted by atomic mass is 10.1. The third-order valence-corrected chi connectivity index (χ3v) is 6.99. The standard InChI is InChI=1S/C25H28N2O6S/c1-18-10-13-20(14-11-18)27(34(29,30)21-8-6-5-7-9-21)17-23(28)26-16-19-12-15-22(31-2)25(33-4)24(19)32-3/h5-15H,16-17H2,1-4H3,(H,26,28). The van der Waals surface area contributed by atoms with Crippen molar-refractivity contribution in [3.8, 4) is 17.2 Å². The Hall–Kier alpha value is -3.72. The van der Waals surface area contributed by atoms with Crippen molar-refractivity contribution in [1.82, 2.24) is 5.32 Å². The zero-order chi connectivity index (χ0) is 24.7. The van der Waals surface area contributed by atoms with E-state index in [1.54, 1.807) is 54.6 Å². The maximum Gasteiger partial charge on any atom is 0.264 e. The number of sulfonamides is 1. The van der Waals surface area contributed by atoms with Gasteiger partial charge in [0.2, 0.25) is 11.7 Å². The minimum Gasteiger partial charge on any atom is -0.493 e. The number of benzene rings is 3. The third kappa shape index (κ3) is 5.43. The Morgan fingerprint density at radius 1 is 0.853 bits per heavy atom. The maximum absolute atomic E-state index is 13.4. The molecule has 0 bridgehead atoms. The topological polar surface area (TPSA) is 94.2 Å². The fourth-order valence-corrected chi connectivity index (χ4v) is 4.87. The molecular weight excluding hydrogens is 456 g/mol. The summed E-state index contributed by atoms with van der Waals surface area (Å²) in [6.07, 6.45) is 0. The van der Waals surface area contributed by atoms with Gasteiger partial charge in [-0.1, -0.05) is 35.9 Å². The van der Waals surface area contributed by atoms with Crippen LogP contribution in [0.15, 0.2) is 71.6 Å². The van der Waals surface area contributed by atoms with Gasteiger partial charge >= 0.3 is 0 Å². The second-order valence-corrected chi connectivity index (χ2v) is 9.29. The van der Waals surface area contributed by atoms with Crippen LogP contribution in [-0.4, -0.2) is 42.2 Å². The molecule has 0 fully saturated rings. The molecule has 0 saturated carbocycles. The van der Waals surface area contributed by atoms with Crippen LogP contribution in [-0.2, 0) is 21.4 Å². The van der Waals surface area contributed by atoms with Crippen LogP contribution < -0.4 is 23.8 Å². The molecule has 0 aliphatic rings. The number of methoxy groups -OCH3 is 3. The molecule has 3 aromatic carbocycles. The highest BCUT2D eigenvalue weighted by molar-refractivity contribution is 7.92. The van der Waals surface area contributed by atoms with E-state index in [4.69, 9.17) is 14.2 Å². The van der Waals surface area contributed by atoms with Gasteiger partial charge in [-0.05, 0) is 43.3 Å². The largest absolute Gasteiger partial charge is 0.493 e. The fraction of sp³-hybridized carbons (Fsp3) is 0.240. The zero-order valence-electron chi connectivity index (χ0n) is 19.6. The summed E-state index contributed by atoms with van der Waals surface area (Å²) in [5.74, 6) is 0.852. The van der Waals surface area contributed by atoms with Gasteiger partial charge in [-0.2, -0.15) is 0 Å². The average Bonchev–Trinajstić information content (AvgIpc) is 2.86. The van der Waals surface area contributed by atoms with Gasteiger partial charge in [-0.25, -0.2) is 8.42 Å². The highest BCUT2D eigenvalue weighted by Crippen LogP contribution is 2.39. The predicted octanol–water partition coefficient (Wildman–Crippen LogP) is 3.53. The highest BCUT2D eigenvalue weighted by atomic mass is 32.2. The number of rotatable bonds is 10. The van der Waals surface area contributed by atoms with Crippen molar-refractivity contribution in [2.45, 2.75) is 18.4 Å². The normalized spacial score (nSPS) is 10.9. The van der Waals surface area contributed by atoms with Crippen LogP contribution in [0.25, 0.3) is 0 Å². The molecule has 0 atom stereocenters. The van der Waals surface area contributed by atoms with Crippen molar-refractivity contribution in [1.29, 1.82) is 0 Å². The van der Waals surface area contributed by atoms with Crippen molar-refractivity contribution in [3.63, 3.8) is 0 Å². The summed E-state index contributed by atoms with van der Waals surface area (Å²) >= 11 is 0. The molecule has 34 heavy (non-hydrogen) atoms. The molecule has 0 aromatic heterocycles. The molecule has 0 unspecified atom stereocenters. The average molecular weight is 485 g/mol. The van der Waals surface area contributed by atoms with Crippen LogP contribution in [0.1, 0.15) is 11.1 Å². The lowest BCUT2D eigenvalue weighted by molar-refractivity contribution is -0.119. The molecule has 9 heteroatoms. The first kappa shape index (κ1) is 24.9. The summed E-state index contributed by atoms with van der Waals surface area (Å²) in [7, 11) is 0.544. The van der Waals surface area contributed by atoms with Gasteiger partial charge in [0.1, 0.15) is 6.54 Å². The van der Waals surface area contributed by atoms with E-state index in [-0.39, 0.29) is 11.4 Å². The number of carbonyl (C=O) groups excluding carboxylic acids is 1. The van der Waals surface area contributed by atoms with Crippen LogP contribution in [0.5, 0.6) is 17.2 Å². The van der Waals surface area contributed by atoms with E-state index in [1.165, 1.54) is 33.5 Å². The van der Waals surface area contributed by atoms with E-state index in [0.29, 0.717) is 28.5 Å². The number of ether oxygens (including phenoxy) is 3. The van der Waals surface area contributed by atoms with E-state index in [2.05, 4.69) is 5.32 Å². The van der Waals surface area contributed by atoms with E-state index in [1.807, 2.05) is 6.92 Å². The lowest BCUT2D eigenvalue weighted by Gasteiger charge is -2.24. The highest BCUT2D eigenvalue weighted by Gasteiger charge is 2.27. The summed E-state index contributed by atoms with van der Waals surface area (Å²) in [5, 5.41) is 2.78. The summed E-state index contributed by atoms with van der Waals surface area (Å²) in [5.41, 5.74) is 2.03. The molecule has 0 aliphatic carbocycles. The number of aryl methyl sites for hydroxylation is 1. The van der Waals surface area contributed by atoms with Crippen molar-refractivity contribution in [2.75, 3.05) is 32.2 Å². The number of hydrogen-bond donors (Lipinski definition) is 1. The molecule has 3 aromatic rings. The van der Waals surface area contributed by atoms with Crippen LogP contribution in [0.3, 0.4) is 0 Å². The Bertz CT molecular complexity index is 1230. The smallest absolute Gasteiger partial charge is 0.264 e. The molecule has 8 nitrogen and oxygen atoms in total. The lowest BCUT2D eigenvalue weighted by Crippen LogP contribution is -2.40. The van der Waals surface area contributed by atoms with Gasteiger partial charge in [0.15, 0.2) is 11.5 Å². The van der Waals surface area contributed by atoms with Crippen LogP contribution in [0.2, 0.25) is 0 Å². The maximum atomic E-state index is 13.4. The molecule has 1 amide bonds. The van der Waals surface area contributed by atoms with E-state index in [0.717, 1.165) is 9.87 Å². The Labute approximate surface area is 200 Å². The van der Waals surface area contributed by atoms with Gasteiger partial charge in [0.25, 0.3) is 10.0 Å². The molecule has 0 heterocycles. The molecule has 1 N–H and O–H groups in total. The zero-order valence-corrected chi connectivity index (χ0v) is 20.4. The molecular formula is C25H28N2O6S. The summed E-state index contributed by atoms with van der Waals surface area (Å²) in [4.78, 5) is 13.0.